The van der Waals surface area contributed by atoms with Crippen LogP contribution >= 0.6 is 0 Å². The number of nitrogens with zero attached hydrogens (tertiary/aromatic N) is 1. The summed E-state index contributed by atoms with van der Waals surface area (Å²) in [6.45, 7) is 5.57. The Morgan fingerprint density at radius 3 is 2.73 bits per heavy atom. The van der Waals surface area contributed by atoms with E-state index in [-0.39, 0.29) is 25.2 Å². The molecule has 0 aliphatic carbocycles. The van der Waals surface area contributed by atoms with E-state index in [9.17, 15) is 9.59 Å². The fourth-order valence-corrected chi connectivity index (χ4v) is 2.22. The van der Waals surface area contributed by atoms with Gasteiger partial charge in [-0.3, -0.25) is 9.59 Å². The summed E-state index contributed by atoms with van der Waals surface area (Å²) >= 11 is 0. The molecule has 22 heavy (non-hydrogen) atoms. The minimum atomic E-state index is -0.293. The Balaban J connectivity index is 1.88. The molecule has 0 fully saturated rings. The Hall–Kier alpha value is -2.24. The number of carbonyl (C=O) groups is 2. The third-order valence-electron chi connectivity index (χ3n) is 3.55. The number of hydrogen-bond acceptors (Lipinski definition) is 4. The van der Waals surface area contributed by atoms with Gasteiger partial charge in [0.15, 0.2) is 11.5 Å². The van der Waals surface area contributed by atoms with Crippen LogP contribution in [0, 0.1) is 0 Å². The number of rotatable bonds is 7. The van der Waals surface area contributed by atoms with E-state index in [0.717, 1.165) is 19.4 Å². The van der Waals surface area contributed by atoms with Crippen LogP contribution in [-0.2, 0) is 4.79 Å². The molecule has 0 saturated heterocycles. The second-order valence-corrected chi connectivity index (χ2v) is 5.08. The smallest absolute Gasteiger partial charge is 0.251 e. The first-order chi connectivity index (χ1) is 10.7. The van der Waals surface area contributed by atoms with Gasteiger partial charge in [0.1, 0.15) is 0 Å². The molecule has 1 N–H and O–H groups in total. The zero-order valence-corrected chi connectivity index (χ0v) is 13.1. The van der Waals surface area contributed by atoms with Crippen molar-refractivity contribution >= 4 is 11.8 Å². The van der Waals surface area contributed by atoms with E-state index in [1.807, 2.05) is 6.92 Å². The molecule has 2 rings (SSSR count). The average Bonchev–Trinajstić information content (AvgIpc) is 3.00. The third kappa shape index (κ3) is 3.90. The molecule has 1 aliphatic heterocycles. The largest absolute Gasteiger partial charge is 0.454 e. The minimum Gasteiger partial charge on any atom is -0.454 e. The lowest BCUT2D eigenvalue weighted by Gasteiger charge is -2.20. The summed E-state index contributed by atoms with van der Waals surface area (Å²) in [7, 11) is 0. The standard InChI is InChI=1S/C16H22N2O4/c1-3-5-8-18(4-2)15(19)10-17-16(20)12-6-7-13-14(9-12)22-11-21-13/h6-7,9H,3-5,8,10-11H2,1-2H3,(H,17,20). The summed E-state index contributed by atoms with van der Waals surface area (Å²) in [6.07, 6.45) is 2.00. The molecule has 0 unspecified atom stereocenters. The maximum absolute atomic E-state index is 12.1. The number of ether oxygens (including phenoxy) is 2. The summed E-state index contributed by atoms with van der Waals surface area (Å²) in [4.78, 5) is 25.9. The van der Waals surface area contributed by atoms with E-state index in [1.54, 1.807) is 23.1 Å². The van der Waals surface area contributed by atoms with Gasteiger partial charge in [0.2, 0.25) is 12.7 Å². The Kier molecular flexibility index (Phi) is 5.63. The lowest BCUT2D eigenvalue weighted by atomic mass is 10.2. The van der Waals surface area contributed by atoms with Crippen molar-refractivity contribution < 1.29 is 19.1 Å². The van der Waals surface area contributed by atoms with Crippen LogP contribution in [0.25, 0.3) is 0 Å². The topological polar surface area (TPSA) is 67.9 Å². The van der Waals surface area contributed by atoms with Crippen molar-refractivity contribution in [2.45, 2.75) is 26.7 Å². The molecule has 1 heterocycles. The Morgan fingerprint density at radius 2 is 2.00 bits per heavy atom. The Bertz CT molecular complexity index is 545. The zero-order valence-electron chi connectivity index (χ0n) is 13.1. The second kappa shape index (κ2) is 7.68. The molecule has 1 aliphatic rings. The fraction of sp³-hybridized carbons (Fsp3) is 0.500. The fourth-order valence-electron chi connectivity index (χ4n) is 2.22. The first-order valence-electron chi connectivity index (χ1n) is 7.61. The van der Waals surface area contributed by atoms with Crippen molar-refractivity contribution in [2.75, 3.05) is 26.4 Å². The SMILES string of the molecule is CCCCN(CC)C(=O)CNC(=O)c1ccc2c(c1)OCO2. The highest BCUT2D eigenvalue weighted by Gasteiger charge is 2.17. The van der Waals surface area contributed by atoms with Gasteiger partial charge in [-0.1, -0.05) is 13.3 Å². The minimum absolute atomic E-state index is 0.00479. The van der Waals surface area contributed by atoms with Gasteiger partial charge in [0.05, 0.1) is 6.54 Å². The second-order valence-electron chi connectivity index (χ2n) is 5.08. The van der Waals surface area contributed by atoms with E-state index in [1.165, 1.54) is 0 Å². The zero-order chi connectivity index (χ0) is 15.9. The van der Waals surface area contributed by atoms with Crippen molar-refractivity contribution in [3.63, 3.8) is 0 Å². The number of fused-ring (bicyclic) bond motifs is 1. The van der Waals surface area contributed by atoms with E-state index < -0.39 is 0 Å². The molecule has 6 heteroatoms. The van der Waals surface area contributed by atoms with Crippen LogP contribution in [-0.4, -0.2) is 43.1 Å². The van der Waals surface area contributed by atoms with Crippen LogP contribution in [0.15, 0.2) is 18.2 Å². The highest BCUT2D eigenvalue weighted by Crippen LogP contribution is 2.32. The first kappa shape index (κ1) is 16.1. The average molecular weight is 306 g/mol. The van der Waals surface area contributed by atoms with Crippen LogP contribution in [0.3, 0.4) is 0 Å². The molecule has 6 nitrogen and oxygen atoms in total. The summed E-state index contributed by atoms with van der Waals surface area (Å²) in [5.41, 5.74) is 0.452. The Morgan fingerprint density at radius 1 is 1.23 bits per heavy atom. The summed E-state index contributed by atoms with van der Waals surface area (Å²) < 4.78 is 10.4. The van der Waals surface area contributed by atoms with Gasteiger partial charge in [-0.15, -0.1) is 0 Å². The number of carbonyl (C=O) groups excluding carboxylic acids is 2. The van der Waals surface area contributed by atoms with E-state index >= 15 is 0 Å². The van der Waals surface area contributed by atoms with Crippen molar-refractivity contribution in [3.8, 4) is 11.5 Å². The molecule has 2 amide bonds. The van der Waals surface area contributed by atoms with Crippen molar-refractivity contribution in [2.24, 2.45) is 0 Å². The number of nitrogens with one attached hydrogen (secondary N) is 1. The third-order valence-corrected chi connectivity index (χ3v) is 3.55. The highest BCUT2D eigenvalue weighted by atomic mass is 16.7. The number of hydrogen-bond donors (Lipinski definition) is 1. The van der Waals surface area contributed by atoms with E-state index in [2.05, 4.69) is 12.2 Å². The molecule has 0 bridgehead atoms. The predicted octanol–water partition coefficient (Wildman–Crippen LogP) is 1.79. The van der Waals surface area contributed by atoms with Crippen LogP contribution in [0.1, 0.15) is 37.0 Å². The summed E-state index contributed by atoms with van der Waals surface area (Å²) in [5.74, 6) is 0.824. The lowest BCUT2D eigenvalue weighted by Crippen LogP contribution is -2.40. The molecule has 0 aromatic heterocycles. The van der Waals surface area contributed by atoms with Crippen LogP contribution in [0.4, 0.5) is 0 Å². The molecular formula is C16H22N2O4. The highest BCUT2D eigenvalue weighted by molar-refractivity contribution is 5.97. The van der Waals surface area contributed by atoms with Crippen LogP contribution < -0.4 is 14.8 Å². The van der Waals surface area contributed by atoms with Crippen molar-refractivity contribution in [3.05, 3.63) is 23.8 Å². The van der Waals surface area contributed by atoms with Crippen LogP contribution in [0.2, 0.25) is 0 Å². The first-order valence-corrected chi connectivity index (χ1v) is 7.61. The lowest BCUT2D eigenvalue weighted by molar-refractivity contribution is -0.130. The quantitative estimate of drug-likeness (QED) is 0.834. The normalized spacial score (nSPS) is 12.1. The number of likely N-dealkylation sites (N-methyl/N-ethyl adjacent to an activating group) is 1. The van der Waals surface area contributed by atoms with Crippen molar-refractivity contribution in [1.29, 1.82) is 0 Å². The summed E-state index contributed by atoms with van der Waals surface area (Å²) in [5, 5.41) is 2.65. The molecule has 0 saturated carbocycles. The van der Waals surface area contributed by atoms with Gasteiger partial charge in [-0.25, -0.2) is 0 Å². The van der Waals surface area contributed by atoms with Gasteiger partial charge in [-0.05, 0) is 31.5 Å². The van der Waals surface area contributed by atoms with Crippen LogP contribution in [0.5, 0.6) is 11.5 Å². The van der Waals surface area contributed by atoms with Gasteiger partial charge in [-0.2, -0.15) is 0 Å². The number of benzene rings is 1. The molecule has 0 atom stereocenters. The Labute approximate surface area is 130 Å². The molecule has 0 radical (unpaired) electrons. The molecule has 1 aromatic rings. The maximum atomic E-state index is 12.1. The molecule has 1 aromatic carbocycles. The van der Waals surface area contributed by atoms with Gasteiger partial charge < -0.3 is 19.7 Å². The number of unbranched alkanes of at least 4 members (excludes halogenated alkanes) is 1. The molecule has 120 valence electrons. The van der Waals surface area contributed by atoms with Crippen molar-refractivity contribution in [1.82, 2.24) is 10.2 Å². The van der Waals surface area contributed by atoms with E-state index in [4.69, 9.17) is 9.47 Å². The van der Waals surface area contributed by atoms with E-state index in [0.29, 0.717) is 23.6 Å². The molecule has 0 spiro atoms. The molecular weight excluding hydrogens is 284 g/mol. The monoisotopic (exact) mass is 306 g/mol. The number of amides is 2. The van der Waals surface area contributed by atoms with Gasteiger partial charge in [0.25, 0.3) is 5.91 Å². The maximum Gasteiger partial charge on any atom is 0.251 e. The van der Waals surface area contributed by atoms with Gasteiger partial charge in [0, 0.05) is 18.7 Å². The summed E-state index contributed by atoms with van der Waals surface area (Å²) in [6, 6.07) is 4.97. The predicted molar refractivity (Wildman–Crippen MR) is 82.1 cm³/mol. The van der Waals surface area contributed by atoms with Gasteiger partial charge >= 0.3 is 0 Å².